The summed E-state index contributed by atoms with van der Waals surface area (Å²) >= 11 is 3.33. The fraction of sp³-hybridized carbons (Fsp3) is 0.182. The van der Waals surface area contributed by atoms with E-state index in [1.807, 2.05) is 12.2 Å². The number of rotatable bonds is 3. The van der Waals surface area contributed by atoms with Gasteiger partial charge in [0.05, 0.1) is 11.6 Å². The second-order valence-electron chi connectivity index (χ2n) is 2.84. The van der Waals surface area contributed by atoms with E-state index >= 15 is 0 Å². The lowest BCUT2D eigenvalue weighted by Crippen LogP contribution is -1.89. The van der Waals surface area contributed by atoms with Crippen molar-refractivity contribution in [3.63, 3.8) is 0 Å². The van der Waals surface area contributed by atoms with Crippen LogP contribution in [0.15, 0.2) is 24.3 Å². The molecule has 0 amide bonds. The molecular weight excluding hydrogens is 240 g/mol. The number of anilines is 1. The number of halogens is 1. The van der Waals surface area contributed by atoms with Crippen LogP contribution in [0.25, 0.3) is 6.08 Å². The summed E-state index contributed by atoms with van der Waals surface area (Å²) in [4.78, 5) is 0. The van der Waals surface area contributed by atoms with Crippen molar-refractivity contribution in [2.75, 3.05) is 11.1 Å². The molecule has 0 aromatic heterocycles. The summed E-state index contributed by atoms with van der Waals surface area (Å²) in [6.45, 7) is 0. The van der Waals surface area contributed by atoms with Gasteiger partial charge in [-0.1, -0.05) is 28.1 Å². The van der Waals surface area contributed by atoms with Gasteiger partial charge in [-0.2, -0.15) is 5.26 Å². The zero-order valence-corrected chi connectivity index (χ0v) is 9.29. The van der Waals surface area contributed by atoms with Crippen LogP contribution in [0.2, 0.25) is 0 Å². The molecule has 0 aliphatic heterocycles. The largest absolute Gasteiger partial charge is 0.398 e. The summed E-state index contributed by atoms with van der Waals surface area (Å²) in [5.41, 5.74) is 8.00. The molecule has 0 atom stereocenters. The van der Waals surface area contributed by atoms with Crippen LogP contribution in [-0.2, 0) is 0 Å². The van der Waals surface area contributed by atoms with E-state index in [2.05, 4.69) is 22.0 Å². The van der Waals surface area contributed by atoms with Crippen molar-refractivity contribution < 1.29 is 0 Å². The molecule has 1 rings (SSSR count). The van der Waals surface area contributed by atoms with Crippen LogP contribution in [0.3, 0.4) is 0 Å². The first-order chi connectivity index (χ1) is 6.77. The van der Waals surface area contributed by atoms with E-state index in [4.69, 9.17) is 11.0 Å². The van der Waals surface area contributed by atoms with Gasteiger partial charge in [0.25, 0.3) is 0 Å². The third kappa shape index (κ3) is 2.90. The molecule has 0 heterocycles. The minimum atomic E-state index is 0.637. The molecule has 3 heteroatoms. The summed E-state index contributed by atoms with van der Waals surface area (Å²) in [5, 5.41) is 9.63. The highest BCUT2D eigenvalue weighted by atomic mass is 79.9. The molecule has 0 saturated heterocycles. The number of allylic oxidation sites excluding steroid dienone is 1. The number of benzene rings is 1. The number of nitriles is 1. The van der Waals surface area contributed by atoms with E-state index in [0.717, 1.165) is 17.3 Å². The van der Waals surface area contributed by atoms with Crippen molar-refractivity contribution in [2.45, 2.75) is 6.42 Å². The minimum absolute atomic E-state index is 0.637. The average Bonchev–Trinajstić information content (AvgIpc) is 2.21. The van der Waals surface area contributed by atoms with Crippen molar-refractivity contribution in [3.05, 3.63) is 35.4 Å². The Morgan fingerprint density at radius 1 is 1.50 bits per heavy atom. The quantitative estimate of drug-likeness (QED) is 0.663. The molecule has 1 aromatic carbocycles. The fourth-order valence-corrected chi connectivity index (χ4v) is 1.33. The van der Waals surface area contributed by atoms with Gasteiger partial charge in [-0.3, -0.25) is 0 Å². The molecule has 0 bridgehead atoms. The Hall–Kier alpha value is -1.27. The van der Waals surface area contributed by atoms with E-state index in [0.29, 0.717) is 11.3 Å². The normalized spacial score (nSPS) is 10.3. The average molecular weight is 251 g/mol. The minimum Gasteiger partial charge on any atom is -0.398 e. The first-order valence-corrected chi connectivity index (χ1v) is 5.42. The van der Waals surface area contributed by atoms with E-state index in [-0.39, 0.29) is 0 Å². The fourth-order valence-electron chi connectivity index (χ4n) is 1.06. The first-order valence-electron chi connectivity index (χ1n) is 4.30. The van der Waals surface area contributed by atoms with Crippen LogP contribution >= 0.6 is 15.9 Å². The molecule has 2 N–H and O–H groups in total. The SMILES string of the molecule is N#Cc1ccc(N)c(C=CCCBr)c1. The lowest BCUT2D eigenvalue weighted by atomic mass is 10.1. The molecular formula is C11H11BrN2. The number of hydrogen-bond acceptors (Lipinski definition) is 2. The summed E-state index contributed by atoms with van der Waals surface area (Å²) in [6.07, 6.45) is 4.93. The van der Waals surface area contributed by atoms with Crippen LogP contribution in [0.5, 0.6) is 0 Å². The van der Waals surface area contributed by atoms with Crippen LogP contribution in [0, 0.1) is 11.3 Å². The Balaban J connectivity index is 2.90. The Bertz CT molecular complexity index is 377. The lowest BCUT2D eigenvalue weighted by Gasteiger charge is -1.99. The molecule has 1 aromatic rings. The molecule has 72 valence electrons. The number of alkyl halides is 1. The van der Waals surface area contributed by atoms with E-state index < -0.39 is 0 Å². The summed E-state index contributed by atoms with van der Waals surface area (Å²) in [5.74, 6) is 0. The van der Waals surface area contributed by atoms with E-state index in [1.54, 1.807) is 18.2 Å². The molecule has 14 heavy (non-hydrogen) atoms. The third-order valence-electron chi connectivity index (χ3n) is 1.79. The van der Waals surface area contributed by atoms with Crippen molar-refractivity contribution in [1.82, 2.24) is 0 Å². The second-order valence-corrected chi connectivity index (χ2v) is 3.63. The Morgan fingerprint density at radius 3 is 2.93 bits per heavy atom. The van der Waals surface area contributed by atoms with Crippen molar-refractivity contribution >= 4 is 27.7 Å². The monoisotopic (exact) mass is 250 g/mol. The van der Waals surface area contributed by atoms with Crippen LogP contribution < -0.4 is 5.73 Å². The number of nitrogens with zero attached hydrogens (tertiary/aromatic N) is 1. The highest BCUT2D eigenvalue weighted by Gasteiger charge is 1.96. The summed E-state index contributed by atoms with van der Waals surface area (Å²) < 4.78 is 0. The molecule has 0 aliphatic carbocycles. The van der Waals surface area contributed by atoms with Gasteiger partial charge in [-0.05, 0) is 30.2 Å². The predicted molar refractivity (Wildman–Crippen MR) is 63.0 cm³/mol. The third-order valence-corrected chi connectivity index (χ3v) is 2.25. The van der Waals surface area contributed by atoms with Crippen molar-refractivity contribution in [1.29, 1.82) is 5.26 Å². The summed E-state index contributed by atoms with van der Waals surface area (Å²) in [6, 6.07) is 7.35. The zero-order chi connectivity index (χ0) is 10.4. The maximum absolute atomic E-state index is 8.70. The highest BCUT2D eigenvalue weighted by Crippen LogP contribution is 2.15. The van der Waals surface area contributed by atoms with Crippen LogP contribution in [0.1, 0.15) is 17.5 Å². The maximum atomic E-state index is 8.70. The molecule has 0 aliphatic rings. The van der Waals surface area contributed by atoms with Gasteiger partial charge in [0, 0.05) is 11.0 Å². The lowest BCUT2D eigenvalue weighted by molar-refractivity contribution is 1.27. The van der Waals surface area contributed by atoms with Gasteiger partial charge >= 0.3 is 0 Å². The zero-order valence-electron chi connectivity index (χ0n) is 7.70. The van der Waals surface area contributed by atoms with E-state index in [9.17, 15) is 0 Å². The molecule has 0 unspecified atom stereocenters. The maximum Gasteiger partial charge on any atom is 0.0991 e. The van der Waals surface area contributed by atoms with Crippen LogP contribution in [0.4, 0.5) is 5.69 Å². The molecule has 0 spiro atoms. The van der Waals surface area contributed by atoms with Gasteiger partial charge in [0.1, 0.15) is 0 Å². The number of nitrogen functional groups attached to an aromatic ring is 1. The molecule has 0 radical (unpaired) electrons. The van der Waals surface area contributed by atoms with Crippen LogP contribution in [-0.4, -0.2) is 5.33 Å². The smallest absolute Gasteiger partial charge is 0.0991 e. The first kappa shape index (κ1) is 10.8. The van der Waals surface area contributed by atoms with Gasteiger partial charge in [0.2, 0.25) is 0 Å². The number of nitrogens with two attached hydrogens (primary N) is 1. The molecule has 2 nitrogen and oxygen atoms in total. The standard InChI is InChI=1S/C11H11BrN2/c12-6-2-1-3-10-7-9(8-13)4-5-11(10)14/h1,3-5,7H,2,6,14H2. The Kier molecular flexibility index (Phi) is 4.21. The topological polar surface area (TPSA) is 49.8 Å². The molecule has 0 saturated carbocycles. The van der Waals surface area contributed by atoms with Gasteiger partial charge < -0.3 is 5.73 Å². The second kappa shape index (κ2) is 5.46. The van der Waals surface area contributed by atoms with Gasteiger partial charge in [0.15, 0.2) is 0 Å². The van der Waals surface area contributed by atoms with Gasteiger partial charge in [-0.25, -0.2) is 0 Å². The Morgan fingerprint density at radius 2 is 2.29 bits per heavy atom. The van der Waals surface area contributed by atoms with E-state index in [1.165, 1.54) is 0 Å². The Labute approximate surface area is 92.2 Å². The predicted octanol–water partition coefficient (Wildman–Crippen LogP) is 2.94. The van der Waals surface area contributed by atoms with Gasteiger partial charge in [-0.15, -0.1) is 0 Å². The summed E-state index contributed by atoms with van der Waals surface area (Å²) in [7, 11) is 0. The van der Waals surface area contributed by atoms with Crippen molar-refractivity contribution in [2.24, 2.45) is 0 Å². The number of hydrogen-bond donors (Lipinski definition) is 1. The molecule has 0 fully saturated rings. The highest BCUT2D eigenvalue weighted by molar-refractivity contribution is 9.09. The van der Waals surface area contributed by atoms with Crippen molar-refractivity contribution in [3.8, 4) is 6.07 Å².